The number of carbonyl (C=O) groups excluding carboxylic acids is 1. The first kappa shape index (κ1) is 9.97. The number of rotatable bonds is 1. The predicted octanol–water partition coefficient (Wildman–Crippen LogP) is 0.0488. The van der Waals surface area contributed by atoms with Crippen LogP contribution in [0.3, 0.4) is 0 Å². The van der Waals surface area contributed by atoms with Crippen molar-refractivity contribution in [3.8, 4) is 11.5 Å². The fraction of sp³-hybridized carbons (Fsp3) is 0.125. The highest BCUT2D eigenvalue weighted by molar-refractivity contribution is 5.97. The van der Waals surface area contributed by atoms with Crippen molar-refractivity contribution in [2.75, 3.05) is 18.6 Å². The number of methoxy groups -OCH3 is 1. The molecule has 0 heterocycles. The van der Waals surface area contributed by atoms with Crippen molar-refractivity contribution in [2.24, 2.45) is 0 Å². The molecule has 1 aromatic rings. The number of hydrogen-bond donors (Lipinski definition) is 4. The SMILES string of the molecule is COC(=O)c1cc(N)c(O)c(N)c1O. The van der Waals surface area contributed by atoms with Crippen LogP contribution in [-0.4, -0.2) is 23.3 Å². The lowest BCUT2D eigenvalue weighted by molar-refractivity contribution is 0.0597. The van der Waals surface area contributed by atoms with E-state index in [1.807, 2.05) is 0 Å². The zero-order valence-electron chi connectivity index (χ0n) is 7.44. The van der Waals surface area contributed by atoms with Gasteiger partial charge in [-0.05, 0) is 6.07 Å². The zero-order valence-corrected chi connectivity index (χ0v) is 7.44. The summed E-state index contributed by atoms with van der Waals surface area (Å²) in [5.74, 6) is -1.76. The van der Waals surface area contributed by atoms with E-state index in [9.17, 15) is 15.0 Å². The standard InChI is InChI=1S/C8H10N2O4/c1-14-8(13)3-2-4(9)7(12)5(10)6(3)11/h2,11-12H,9-10H2,1H3. The van der Waals surface area contributed by atoms with Gasteiger partial charge in [-0.2, -0.15) is 0 Å². The largest absolute Gasteiger partial charge is 0.505 e. The number of phenols is 2. The molecule has 0 aromatic heterocycles. The van der Waals surface area contributed by atoms with Crippen LogP contribution >= 0.6 is 0 Å². The van der Waals surface area contributed by atoms with E-state index in [1.54, 1.807) is 0 Å². The third kappa shape index (κ3) is 1.37. The van der Waals surface area contributed by atoms with Crippen LogP contribution in [-0.2, 0) is 4.74 Å². The molecule has 0 amide bonds. The molecule has 76 valence electrons. The molecule has 0 saturated heterocycles. The highest BCUT2D eigenvalue weighted by Crippen LogP contribution is 2.38. The number of esters is 1. The number of anilines is 2. The Hall–Kier alpha value is -2.11. The van der Waals surface area contributed by atoms with Gasteiger partial charge in [0.25, 0.3) is 0 Å². The number of nitrogen functional groups attached to an aromatic ring is 2. The number of nitrogens with two attached hydrogens (primary N) is 2. The van der Waals surface area contributed by atoms with Gasteiger partial charge in [-0.3, -0.25) is 0 Å². The smallest absolute Gasteiger partial charge is 0.341 e. The molecule has 1 rings (SSSR count). The second-order valence-electron chi connectivity index (χ2n) is 2.62. The Labute approximate surface area is 79.7 Å². The van der Waals surface area contributed by atoms with Crippen molar-refractivity contribution < 1.29 is 19.7 Å². The van der Waals surface area contributed by atoms with Gasteiger partial charge in [0.2, 0.25) is 0 Å². The Bertz CT molecular complexity index is 389. The summed E-state index contributed by atoms with van der Waals surface area (Å²) >= 11 is 0. The van der Waals surface area contributed by atoms with Gasteiger partial charge in [0, 0.05) is 0 Å². The first-order chi connectivity index (χ1) is 6.49. The van der Waals surface area contributed by atoms with Crippen LogP contribution in [0, 0.1) is 0 Å². The minimum atomic E-state index is -0.777. The van der Waals surface area contributed by atoms with Crippen molar-refractivity contribution in [1.82, 2.24) is 0 Å². The first-order valence-corrected chi connectivity index (χ1v) is 3.67. The molecule has 0 fully saturated rings. The van der Waals surface area contributed by atoms with Crippen LogP contribution in [0.5, 0.6) is 11.5 Å². The van der Waals surface area contributed by atoms with Gasteiger partial charge in [-0.1, -0.05) is 0 Å². The lowest BCUT2D eigenvalue weighted by atomic mass is 10.1. The molecule has 0 aliphatic rings. The Morgan fingerprint density at radius 1 is 1.36 bits per heavy atom. The molecular weight excluding hydrogens is 188 g/mol. The first-order valence-electron chi connectivity index (χ1n) is 3.67. The Kier molecular flexibility index (Phi) is 2.37. The van der Waals surface area contributed by atoms with Gasteiger partial charge in [-0.15, -0.1) is 0 Å². The molecule has 0 radical (unpaired) electrons. The van der Waals surface area contributed by atoms with Crippen LogP contribution in [0.15, 0.2) is 6.07 Å². The number of ether oxygens (including phenoxy) is 1. The average Bonchev–Trinajstić information content (AvgIpc) is 2.19. The van der Waals surface area contributed by atoms with Gasteiger partial charge in [-0.25, -0.2) is 4.79 Å². The molecule has 6 heteroatoms. The van der Waals surface area contributed by atoms with Gasteiger partial charge in [0.15, 0.2) is 11.5 Å². The van der Waals surface area contributed by atoms with Gasteiger partial charge < -0.3 is 26.4 Å². The molecule has 6 nitrogen and oxygen atoms in total. The minimum Gasteiger partial charge on any atom is -0.505 e. The maximum Gasteiger partial charge on any atom is 0.341 e. The van der Waals surface area contributed by atoms with Crippen molar-refractivity contribution >= 4 is 17.3 Å². The number of benzene rings is 1. The van der Waals surface area contributed by atoms with E-state index in [0.717, 1.165) is 13.2 Å². The third-order valence-corrected chi connectivity index (χ3v) is 1.74. The molecule has 0 bridgehead atoms. The van der Waals surface area contributed by atoms with E-state index in [1.165, 1.54) is 0 Å². The maximum atomic E-state index is 11.1. The van der Waals surface area contributed by atoms with Crippen molar-refractivity contribution in [2.45, 2.75) is 0 Å². The molecule has 0 unspecified atom stereocenters. The molecule has 0 spiro atoms. The number of aromatic hydroxyl groups is 2. The molecule has 14 heavy (non-hydrogen) atoms. The summed E-state index contributed by atoms with van der Waals surface area (Å²) in [4.78, 5) is 11.1. The van der Waals surface area contributed by atoms with Crippen LogP contribution < -0.4 is 11.5 Å². The van der Waals surface area contributed by atoms with E-state index in [0.29, 0.717) is 0 Å². The van der Waals surface area contributed by atoms with E-state index in [4.69, 9.17) is 11.5 Å². The van der Waals surface area contributed by atoms with Crippen molar-refractivity contribution in [3.63, 3.8) is 0 Å². The lowest BCUT2D eigenvalue weighted by Crippen LogP contribution is -2.05. The quantitative estimate of drug-likeness (QED) is 0.219. The number of phenolic OH excluding ortho intramolecular Hbond substituents is 2. The summed E-state index contributed by atoms with van der Waals surface area (Å²) < 4.78 is 4.38. The molecule has 6 N–H and O–H groups in total. The summed E-state index contributed by atoms with van der Waals surface area (Å²) in [5.41, 5.74) is 10.0. The van der Waals surface area contributed by atoms with Gasteiger partial charge >= 0.3 is 5.97 Å². The Morgan fingerprint density at radius 3 is 2.43 bits per heavy atom. The summed E-state index contributed by atoms with van der Waals surface area (Å²) in [7, 11) is 1.15. The maximum absolute atomic E-state index is 11.1. The topological polar surface area (TPSA) is 119 Å². The fourth-order valence-corrected chi connectivity index (χ4v) is 0.971. The second kappa shape index (κ2) is 3.33. The lowest BCUT2D eigenvalue weighted by Gasteiger charge is -2.08. The minimum absolute atomic E-state index is 0.0966. The summed E-state index contributed by atoms with van der Waals surface area (Å²) in [6, 6.07) is 1.09. The highest BCUT2D eigenvalue weighted by Gasteiger charge is 2.18. The van der Waals surface area contributed by atoms with E-state index in [2.05, 4.69) is 4.74 Å². The monoisotopic (exact) mass is 198 g/mol. The van der Waals surface area contributed by atoms with Crippen LogP contribution in [0.25, 0.3) is 0 Å². The van der Waals surface area contributed by atoms with Gasteiger partial charge in [0.05, 0.1) is 12.8 Å². The predicted molar refractivity (Wildman–Crippen MR) is 49.9 cm³/mol. The zero-order chi connectivity index (χ0) is 10.9. The van der Waals surface area contributed by atoms with Crippen LogP contribution in [0.4, 0.5) is 11.4 Å². The molecule has 1 aromatic carbocycles. The Morgan fingerprint density at radius 2 is 1.93 bits per heavy atom. The molecule has 0 aliphatic carbocycles. The highest BCUT2D eigenvalue weighted by atomic mass is 16.5. The molecular formula is C8H10N2O4. The number of hydrogen-bond acceptors (Lipinski definition) is 6. The van der Waals surface area contributed by atoms with E-state index >= 15 is 0 Å². The summed E-state index contributed by atoms with van der Waals surface area (Å²) in [6.45, 7) is 0. The average molecular weight is 198 g/mol. The third-order valence-electron chi connectivity index (χ3n) is 1.74. The molecule has 0 atom stereocenters. The summed E-state index contributed by atoms with van der Waals surface area (Å²) in [6.07, 6.45) is 0. The number of carbonyl (C=O) groups is 1. The fourth-order valence-electron chi connectivity index (χ4n) is 0.971. The van der Waals surface area contributed by atoms with E-state index < -0.39 is 17.5 Å². The van der Waals surface area contributed by atoms with Gasteiger partial charge in [0.1, 0.15) is 11.3 Å². The normalized spacial score (nSPS) is 9.79. The van der Waals surface area contributed by atoms with E-state index in [-0.39, 0.29) is 16.9 Å². The Balaban J connectivity index is 3.40. The van der Waals surface area contributed by atoms with Crippen molar-refractivity contribution in [3.05, 3.63) is 11.6 Å². The molecule has 0 aliphatic heterocycles. The van der Waals surface area contributed by atoms with Crippen LogP contribution in [0.1, 0.15) is 10.4 Å². The summed E-state index contributed by atoms with van der Waals surface area (Å²) in [5, 5.41) is 18.6. The van der Waals surface area contributed by atoms with Crippen molar-refractivity contribution in [1.29, 1.82) is 0 Å². The second-order valence-corrected chi connectivity index (χ2v) is 2.62. The molecule has 0 saturated carbocycles. The van der Waals surface area contributed by atoms with Crippen LogP contribution in [0.2, 0.25) is 0 Å².